The van der Waals surface area contributed by atoms with Crippen molar-refractivity contribution >= 4 is 0 Å². The highest BCUT2D eigenvalue weighted by atomic mass is 16.3. The molecule has 0 amide bonds. The van der Waals surface area contributed by atoms with Crippen LogP contribution in [0.25, 0.3) is 0 Å². The number of hydrogen-bond acceptors (Lipinski definition) is 1. The summed E-state index contributed by atoms with van der Waals surface area (Å²) in [4.78, 5) is 0. The van der Waals surface area contributed by atoms with Gasteiger partial charge in [0.1, 0.15) is 0 Å². The topological polar surface area (TPSA) is 20.2 Å². The summed E-state index contributed by atoms with van der Waals surface area (Å²) in [5.41, 5.74) is 2.09. The van der Waals surface area contributed by atoms with Gasteiger partial charge in [-0.2, -0.15) is 0 Å². The van der Waals surface area contributed by atoms with E-state index >= 15 is 0 Å². The standard InChI is InChI=1S/C16H26O/c1-4-6-11-16(3,17)13-15-10-7-9-14(12-15)8-5-2/h7,9-10,12,17H,4-6,8,11,13H2,1-3H3. The molecule has 0 saturated heterocycles. The quantitative estimate of drug-likeness (QED) is 0.752. The van der Waals surface area contributed by atoms with Crippen molar-refractivity contribution in [2.45, 2.75) is 64.9 Å². The summed E-state index contributed by atoms with van der Waals surface area (Å²) in [6.07, 6.45) is 6.21. The third-order valence-electron chi connectivity index (χ3n) is 3.18. The van der Waals surface area contributed by atoms with Crippen molar-refractivity contribution < 1.29 is 5.11 Å². The Morgan fingerprint density at radius 2 is 1.82 bits per heavy atom. The lowest BCUT2D eigenvalue weighted by atomic mass is 9.90. The van der Waals surface area contributed by atoms with Gasteiger partial charge in [-0.05, 0) is 30.9 Å². The first-order valence-electron chi connectivity index (χ1n) is 6.87. The van der Waals surface area contributed by atoms with Crippen LogP contribution < -0.4 is 0 Å². The molecule has 0 aliphatic rings. The number of benzene rings is 1. The monoisotopic (exact) mass is 234 g/mol. The van der Waals surface area contributed by atoms with Crippen molar-refractivity contribution in [3.63, 3.8) is 0 Å². The molecule has 1 aromatic rings. The lowest BCUT2D eigenvalue weighted by molar-refractivity contribution is 0.0490. The molecule has 1 nitrogen and oxygen atoms in total. The van der Waals surface area contributed by atoms with Crippen LogP contribution in [0.5, 0.6) is 0 Å². The number of aryl methyl sites for hydroxylation is 1. The summed E-state index contributed by atoms with van der Waals surface area (Å²) in [6, 6.07) is 8.65. The van der Waals surface area contributed by atoms with Crippen LogP contribution >= 0.6 is 0 Å². The molecule has 0 spiro atoms. The smallest absolute Gasteiger partial charge is 0.0660 e. The van der Waals surface area contributed by atoms with E-state index in [1.54, 1.807) is 0 Å². The molecule has 0 aliphatic heterocycles. The van der Waals surface area contributed by atoms with Gasteiger partial charge in [-0.1, -0.05) is 57.4 Å². The van der Waals surface area contributed by atoms with Crippen molar-refractivity contribution in [2.24, 2.45) is 0 Å². The largest absolute Gasteiger partial charge is 0.390 e. The second-order valence-corrected chi connectivity index (χ2v) is 5.35. The zero-order valence-corrected chi connectivity index (χ0v) is 11.5. The summed E-state index contributed by atoms with van der Waals surface area (Å²) in [6.45, 7) is 6.32. The molecule has 1 heteroatoms. The first-order chi connectivity index (χ1) is 8.07. The Morgan fingerprint density at radius 3 is 2.47 bits per heavy atom. The maximum atomic E-state index is 10.3. The van der Waals surface area contributed by atoms with Crippen molar-refractivity contribution in [2.75, 3.05) is 0 Å². The van der Waals surface area contributed by atoms with Gasteiger partial charge in [0.05, 0.1) is 5.60 Å². The van der Waals surface area contributed by atoms with E-state index in [0.717, 1.165) is 32.1 Å². The van der Waals surface area contributed by atoms with Crippen LogP contribution in [-0.4, -0.2) is 10.7 Å². The molecule has 1 aromatic carbocycles. The third-order valence-corrected chi connectivity index (χ3v) is 3.18. The van der Waals surface area contributed by atoms with Crippen LogP contribution in [0.1, 0.15) is 57.6 Å². The first kappa shape index (κ1) is 14.2. The SMILES string of the molecule is CCCCC(C)(O)Cc1cccc(CCC)c1. The molecule has 0 heterocycles. The molecule has 96 valence electrons. The van der Waals surface area contributed by atoms with Crippen molar-refractivity contribution in [3.8, 4) is 0 Å². The Morgan fingerprint density at radius 1 is 1.12 bits per heavy atom. The van der Waals surface area contributed by atoms with Gasteiger partial charge in [0, 0.05) is 6.42 Å². The number of unbranched alkanes of at least 4 members (excludes halogenated alkanes) is 1. The minimum Gasteiger partial charge on any atom is -0.390 e. The van der Waals surface area contributed by atoms with E-state index in [-0.39, 0.29) is 0 Å². The van der Waals surface area contributed by atoms with Gasteiger partial charge in [-0.25, -0.2) is 0 Å². The normalized spacial score (nSPS) is 14.6. The predicted molar refractivity (Wildman–Crippen MR) is 74.3 cm³/mol. The molecule has 0 fully saturated rings. The zero-order chi connectivity index (χ0) is 12.7. The van der Waals surface area contributed by atoms with Gasteiger partial charge in [0.25, 0.3) is 0 Å². The van der Waals surface area contributed by atoms with E-state index in [2.05, 4.69) is 38.1 Å². The Labute approximate surface area is 106 Å². The average Bonchev–Trinajstić information content (AvgIpc) is 2.27. The van der Waals surface area contributed by atoms with Crippen LogP contribution in [0.4, 0.5) is 0 Å². The second-order valence-electron chi connectivity index (χ2n) is 5.35. The van der Waals surface area contributed by atoms with Crippen LogP contribution in [-0.2, 0) is 12.8 Å². The van der Waals surface area contributed by atoms with E-state index < -0.39 is 5.60 Å². The molecule has 0 bridgehead atoms. The summed E-state index contributed by atoms with van der Waals surface area (Å²) < 4.78 is 0. The molecule has 0 aromatic heterocycles. The molecule has 17 heavy (non-hydrogen) atoms. The highest BCUT2D eigenvalue weighted by Crippen LogP contribution is 2.20. The molecule has 1 rings (SSSR count). The highest BCUT2D eigenvalue weighted by molar-refractivity contribution is 5.24. The van der Waals surface area contributed by atoms with E-state index in [1.807, 2.05) is 6.92 Å². The maximum absolute atomic E-state index is 10.3. The highest BCUT2D eigenvalue weighted by Gasteiger charge is 2.19. The second kappa shape index (κ2) is 6.80. The molecular weight excluding hydrogens is 208 g/mol. The van der Waals surface area contributed by atoms with Crippen molar-refractivity contribution in [1.29, 1.82) is 0 Å². The van der Waals surface area contributed by atoms with Gasteiger partial charge < -0.3 is 5.11 Å². The molecule has 1 unspecified atom stereocenters. The Hall–Kier alpha value is -0.820. The number of aliphatic hydroxyl groups is 1. The van der Waals surface area contributed by atoms with Gasteiger partial charge in [0.2, 0.25) is 0 Å². The van der Waals surface area contributed by atoms with Gasteiger partial charge in [-0.15, -0.1) is 0 Å². The van der Waals surface area contributed by atoms with Crippen LogP contribution in [0, 0.1) is 0 Å². The fourth-order valence-corrected chi connectivity index (χ4v) is 2.27. The fourth-order valence-electron chi connectivity index (χ4n) is 2.27. The van der Waals surface area contributed by atoms with Crippen molar-refractivity contribution in [3.05, 3.63) is 35.4 Å². The Bertz CT molecular complexity index is 328. The van der Waals surface area contributed by atoms with E-state index in [0.29, 0.717) is 0 Å². The van der Waals surface area contributed by atoms with E-state index in [4.69, 9.17) is 0 Å². The lowest BCUT2D eigenvalue weighted by Gasteiger charge is -2.23. The summed E-state index contributed by atoms with van der Waals surface area (Å²) in [5, 5.41) is 10.3. The van der Waals surface area contributed by atoms with Gasteiger partial charge in [-0.3, -0.25) is 0 Å². The van der Waals surface area contributed by atoms with Gasteiger partial charge >= 0.3 is 0 Å². The van der Waals surface area contributed by atoms with Crippen LogP contribution in [0.3, 0.4) is 0 Å². The maximum Gasteiger partial charge on any atom is 0.0660 e. The van der Waals surface area contributed by atoms with Crippen LogP contribution in [0.15, 0.2) is 24.3 Å². The Kier molecular flexibility index (Phi) is 5.70. The summed E-state index contributed by atoms with van der Waals surface area (Å²) in [5.74, 6) is 0. The minimum absolute atomic E-state index is 0.555. The number of rotatable bonds is 7. The average molecular weight is 234 g/mol. The molecule has 0 radical (unpaired) electrons. The lowest BCUT2D eigenvalue weighted by Crippen LogP contribution is -2.27. The van der Waals surface area contributed by atoms with E-state index in [9.17, 15) is 5.11 Å². The fraction of sp³-hybridized carbons (Fsp3) is 0.625. The summed E-state index contributed by atoms with van der Waals surface area (Å²) >= 11 is 0. The molecular formula is C16H26O. The first-order valence-corrected chi connectivity index (χ1v) is 6.87. The Balaban J connectivity index is 2.63. The molecule has 0 aliphatic carbocycles. The van der Waals surface area contributed by atoms with Crippen molar-refractivity contribution in [1.82, 2.24) is 0 Å². The van der Waals surface area contributed by atoms with E-state index in [1.165, 1.54) is 17.5 Å². The molecule has 1 atom stereocenters. The molecule has 1 N–H and O–H groups in total. The number of hydrogen-bond donors (Lipinski definition) is 1. The van der Waals surface area contributed by atoms with Gasteiger partial charge in [0.15, 0.2) is 0 Å². The minimum atomic E-state index is -0.555. The predicted octanol–water partition coefficient (Wildman–Crippen LogP) is 4.12. The van der Waals surface area contributed by atoms with Crippen LogP contribution in [0.2, 0.25) is 0 Å². The third kappa shape index (κ3) is 5.36. The summed E-state index contributed by atoms with van der Waals surface area (Å²) in [7, 11) is 0. The zero-order valence-electron chi connectivity index (χ0n) is 11.5. The molecule has 0 saturated carbocycles.